The fourth-order valence-corrected chi connectivity index (χ4v) is 2.99. The summed E-state index contributed by atoms with van der Waals surface area (Å²) in [5.41, 5.74) is 11.3. The van der Waals surface area contributed by atoms with Gasteiger partial charge in [0.05, 0.1) is 3.79 Å². The molecule has 2 nitrogen and oxygen atoms in total. The highest BCUT2D eigenvalue weighted by atomic mass is 79.9. The van der Waals surface area contributed by atoms with Crippen molar-refractivity contribution in [3.63, 3.8) is 0 Å². The second-order valence-electron chi connectivity index (χ2n) is 3.62. The van der Waals surface area contributed by atoms with Crippen LogP contribution >= 0.6 is 27.3 Å². The van der Waals surface area contributed by atoms with Crippen LogP contribution in [0.25, 0.3) is 0 Å². The van der Waals surface area contributed by atoms with Gasteiger partial charge in [0, 0.05) is 4.88 Å². The summed E-state index contributed by atoms with van der Waals surface area (Å²) in [4.78, 5) is 1.41. The molecule has 4 N–H and O–H groups in total. The number of hydrogen-bond donors (Lipinski definition) is 2. The van der Waals surface area contributed by atoms with Gasteiger partial charge >= 0.3 is 0 Å². The first-order valence-corrected chi connectivity index (χ1v) is 6.43. The third-order valence-corrected chi connectivity index (χ3v) is 4.29. The third-order valence-electron chi connectivity index (χ3n) is 2.43. The molecule has 1 heterocycles. The predicted molar refractivity (Wildman–Crippen MR) is 66.6 cm³/mol. The lowest BCUT2D eigenvalue weighted by Gasteiger charge is -2.16. The van der Waals surface area contributed by atoms with E-state index in [1.54, 1.807) is 11.3 Å². The lowest BCUT2D eigenvalue weighted by atomic mass is 9.95. The summed E-state index contributed by atoms with van der Waals surface area (Å²) in [6.45, 7) is 3.61. The van der Waals surface area contributed by atoms with Gasteiger partial charge in [-0.3, -0.25) is 0 Å². The van der Waals surface area contributed by atoms with E-state index >= 15 is 0 Å². The fourth-order valence-electron chi connectivity index (χ4n) is 1.50. The Kier molecular flexibility index (Phi) is 5.09. The molecule has 1 aromatic heterocycles. The van der Waals surface area contributed by atoms with Crippen molar-refractivity contribution < 1.29 is 0 Å². The molecule has 1 atom stereocenters. The molecule has 0 radical (unpaired) electrons. The Balaban J connectivity index is 2.53. The number of rotatable bonds is 5. The maximum absolute atomic E-state index is 5.63. The minimum Gasteiger partial charge on any atom is -0.330 e. The Morgan fingerprint density at radius 1 is 1.36 bits per heavy atom. The first-order valence-electron chi connectivity index (χ1n) is 4.82. The fraction of sp³-hybridized carbons (Fsp3) is 0.600. The largest absolute Gasteiger partial charge is 0.330 e. The molecule has 1 rings (SSSR count). The van der Waals surface area contributed by atoms with E-state index in [2.05, 4.69) is 35.0 Å². The SMILES string of the molecule is CC(CC(CN)CN)c1ccc(Br)s1. The molecule has 4 heteroatoms. The molecular formula is C10H17BrN2S. The molecule has 1 unspecified atom stereocenters. The summed E-state index contributed by atoms with van der Waals surface area (Å²) in [6.07, 6.45) is 1.08. The highest BCUT2D eigenvalue weighted by molar-refractivity contribution is 9.11. The number of hydrogen-bond acceptors (Lipinski definition) is 3. The molecule has 0 saturated carbocycles. The molecule has 0 bridgehead atoms. The van der Waals surface area contributed by atoms with E-state index in [9.17, 15) is 0 Å². The van der Waals surface area contributed by atoms with Crippen molar-refractivity contribution in [1.82, 2.24) is 0 Å². The van der Waals surface area contributed by atoms with Gasteiger partial charge in [-0.25, -0.2) is 0 Å². The normalized spacial score (nSPS) is 13.5. The highest BCUT2D eigenvalue weighted by Crippen LogP contribution is 2.31. The standard InChI is InChI=1S/C10H17BrN2S/c1-7(4-8(5-12)6-13)9-2-3-10(11)14-9/h2-3,7-8H,4-6,12-13H2,1H3. The van der Waals surface area contributed by atoms with E-state index in [4.69, 9.17) is 11.5 Å². The Labute approximate surface area is 97.8 Å². The van der Waals surface area contributed by atoms with Gasteiger partial charge in [0.2, 0.25) is 0 Å². The Morgan fingerprint density at radius 3 is 2.43 bits per heavy atom. The lowest BCUT2D eigenvalue weighted by molar-refractivity contribution is 0.468. The zero-order valence-corrected chi connectivity index (χ0v) is 10.8. The van der Waals surface area contributed by atoms with Crippen LogP contribution in [0.5, 0.6) is 0 Å². The Bertz CT molecular complexity index is 271. The summed E-state index contributed by atoms with van der Waals surface area (Å²) in [5.74, 6) is 1.01. The molecule has 0 amide bonds. The van der Waals surface area contributed by atoms with Crippen molar-refractivity contribution in [2.45, 2.75) is 19.3 Å². The summed E-state index contributed by atoms with van der Waals surface area (Å²) in [5, 5.41) is 0. The van der Waals surface area contributed by atoms with Crippen LogP contribution in [0.1, 0.15) is 24.1 Å². The maximum atomic E-state index is 5.63. The van der Waals surface area contributed by atoms with Crippen LogP contribution in [0, 0.1) is 5.92 Å². The van der Waals surface area contributed by atoms with E-state index in [-0.39, 0.29) is 0 Å². The molecule has 1 aromatic rings. The van der Waals surface area contributed by atoms with Crippen molar-refractivity contribution in [1.29, 1.82) is 0 Å². The number of thiophene rings is 1. The first kappa shape index (κ1) is 12.2. The molecule has 0 fully saturated rings. The van der Waals surface area contributed by atoms with E-state index in [0.717, 1.165) is 6.42 Å². The minimum atomic E-state index is 0.450. The highest BCUT2D eigenvalue weighted by Gasteiger charge is 2.13. The summed E-state index contributed by atoms with van der Waals surface area (Å²) >= 11 is 5.26. The second-order valence-corrected chi connectivity index (χ2v) is 6.11. The van der Waals surface area contributed by atoms with Crippen molar-refractivity contribution in [3.8, 4) is 0 Å². The van der Waals surface area contributed by atoms with Crippen LogP contribution < -0.4 is 11.5 Å². The lowest BCUT2D eigenvalue weighted by Crippen LogP contribution is -2.24. The maximum Gasteiger partial charge on any atom is 0.0701 e. The van der Waals surface area contributed by atoms with Crippen molar-refractivity contribution >= 4 is 27.3 Å². The molecule has 0 saturated heterocycles. The molecular weight excluding hydrogens is 260 g/mol. The zero-order chi connectivity index (χ0) is 10.6. The van der Waals surface area contributed by atoms with Crippen LogP contribution in [-0.2, 0) is 0 Å². The Hall–Kier alpha value is 0.1000. The van der Waals surface area contributed by atoms with E-state index in [0.29, 0.717) is 24.9 Å². The van der Waals surface area contributed by atoms with E-state index < -0.39 is 0 Å². The van der Waals surface area contributed by atoms with Gasteiger partial charge < -0.3 is 11.5 Å². The van der Waals surface area contributed by atoms with Gasteiger partial charge in [0.1, 0.15) is 0 Å². The van der Waals surface area contributed by atoms with Gasteiger partial charge in [-0.2, -0.15) is 0 Å². The average molecular weight is 277 g/mol. The topological polar surface area (TPSA) is 52.0 Å². The molecule has 0 aromatic carbocycles. The predicted octanol–water partition coefficient (Wildman–Crippen LogP) is 2.54. The molecule has 0 aliphatic rings. The quantitative estimate of drug-likeness (QED) is 0.869. The van der Waals surface area contributed by atoms with Gasteiger partial charge in [-0.05, 0) is 59.4 Å². The van der Waals surface area contributed by atoms with Gasteiger partial charge in [0.25, 0.3) is 0 Å². The van der Waals surface area contributed by atoms with Crippen LogP contribution in [0.15, 0.2) is 15.9 Å². The van der Waals surface area contributed by atoms with Crippen molar-refractivity contribution in [2.24, 2.45) is 17.4 Å². The molecule has 0 aliphatic heterocycles. The van der Waals surface area contributed by atoms with Gasteiger partial charge in [-0.15, -0.1) is 11.3 Å². The van der Waals surface area contributed by atoms with Crippen LogP contribution in [0.2, 0.25) is 0 Å². The minimum absolute atomic E-state index is 0.450. The van der Waals surface area contributed by atoms with Crippen LogP contribution in [-0.4, -0.2) is 13.1 Å². The van der Waals surface area contributed by atoms with Crippen LogP contribution in [0.4, 0.5) is 0 Å². The molecule has 14 heavy (non-hydrogen) atoms. The summed E-state index contributed by atoms with van der Waals surface area (Å²) in [7, 11) is 0. The number of nitrogens with two attached hydrogens (primary N) is 2. The summed E-state index contributed by atoms with van der Waals surface area (Å²) in [6, 6.07) is 4.26. The first-order chi connectivity index (χ1) is 6.67. The smallest absolute Gasteiger partial charge is 0.0701 e. The van der Waals surface area contributed by atoms with Gasteiger partial charge in [-0.1, -0.05) is 6.92 Å². The zero-order valence-electron chi connectivity index (χ0n) is 8.37. The third kappa shape index (κ3) is 3.35. The van der Waals surface area contributed by atoms with Crippen LogP contribution in [0.3, 0.4) is 0 Å². The summed E-state index contributed by atoms with van der Waals surface area (Å²) < 4.78 is 1.19. The van der Waals surface area contributed by atoms with E-state index in [1.807, 2.05) is 0 Å². The van der Waals surface area contributed by atoms with E-state index in [1.165, 1.54) is 8.66 Å². The second kappa shape index (κ2) is 5.85. The molecule has 0 spiro atoms. The van der Waals surface area contributed by atoms with Crippen molar-refractivity contribution in [3.05, 3.63) is 20.8 Å². The average Bonchev–Trinajstić information content (AvgIpc) is 2.61. The molecule has 80 valence electrons. The Morgan fingerprint density at radius 2 is 2.00 bits per heavy atom. The van der Waals surface area contributed by atoms with Gasteiger partial charge in [0.15, 0.2) is 0 Å². The number of halogens is 1. The van der Waals surface area contributed by atoms with Crippen molar-refractivity contribution in [2.75, 3.05) is 13.1 Å². The molecule has 0 aliphatic carbocycles. The monoisotopic (exact) mass is 276 g/mol.